The number of nitrogens with zero attached hydrogens (tertiary/aromatic N) is 3. The van der Waals surface area contributed by atoms with Gasteiger partial charge in [0.15, 0.2) is 11.4 Å². The fourth-order valence-corrected chi connectivity index (χ4v) is 1.44. The summed E-state index contributed by atoms with van der Waals surface area (Å²) in [7, 11) is 1.25. The Morgan fingerprint density at radius 3 is 2.75 bits per heavy atom. The molecule has 0 aliphatic rings. The Labute approximate surface area is 113 Å². The first-order valence-electron chi connectivity index (χ1n) is 5.67. The number of nitrogens with one attached hydrogen (secondary N) is 1. The molecule has 0 fully saturated rings. The van der Waals surface area contributed by atoms with E-state index < -0.39 is 11.5 Å². The molecule has 0 aliphatic heterocycles. The molecule has 2 heterocycles. The molecule has 104 valence electrons. The first-order chi connectivity index (χ1) is 9.51. The van der Waals surface area contributed by atoms with Crippen LogP contribution in [0.2, 0.25) is 0 Å². The van der Waals surface area contributed by atoms with Gasteiger partial charge in [-0.3, -0.25) is 4.79 Å². The van der Waals surface area contributed by atoms with E-state index >= 15 is 0 Å². The average molecular weight is 276 g/mol. The Balaban J connectivity index is 2.33. The van der Waals surface area contributed by atoms with Crippen molar-refractivity contribution >= 4 is 5.97 Å². The molecule has 8 heteroatoms. The van der Waals surface area contributed by atoms with Crippen LogP contribution in [0.1, 0.15) is 21.9 Å². The van der Waals surface area contributed by atoms with Crippen LogP contribution in [0.3, 0.4) is 0 Å². The lowest BCUT2D eigenvalue weighted by Gasteiger charge is -2.07. The molecule has 0 radical (unpaired) electrons. The van der Waals surface area contributed by atoms with E-state index in [0.29, 0.717) is 11.4 Å². The monoisotopic (exact) mass is 276 g/mol. The minimum absolute atomic E-state index is 0.0562. The third-order valence-corrected chi connectivity index (χ3v) is 2.40. The molecule has 0 bridgehead atoms. The first kappa shape index (κ1) is 13.7. The number of carbonyl (C=O) groups excluding carboxylic acids is 1. The number of esters is 1. The third kappa shape index (κ3) is 2.79. The molecule has 2 aromatic heterocycles. The summed E-state index contributed by atoms with van der Waals surface area (Å²) in [5.74, 6) is -0.403. The molecule has 1 N–H and O–H groups in total. The number of hydrogen-bond acceptors (Lipinski definition) is 7. The van der Waals surface area contributed by atoms with Crippen molar-refractivity contribution in [2.75, 3.05) is 7.11 Å². The molecule has 0 saturated heterocycles. The van der Waals surface area contributed by atoms with E-state index in [9.17, 15) is 9.59 Å². The topological polar surface area (TPSA) is 107 Å². The van der Waals surface area contributed by atoms with E-state index in [0.717, 1.165) is 0 Å². The van der Waals surface area contributed by atoms with Gasteiger partial charge in [0.05, 0.1) is 19.0 Å². The standard InChI is InChI=1S/C12H12N4O4/c1-6-4-9(10(17)16-15-6)20-11-7(2)14-8(5-13-11)12(18)19-3/h4-5H,1-3H3,(H,16,17). The number of H-pyrrole nitrogens is 1. The van der Waals surface area contributed by atoms with Gasteiger partial charge in [-0.1, -0.05) is 0 Å². The van der Waals surface area contributed by atoms with Crippen molar-refractivity contribution in [1.29, 1.82) is 0 Å². The number of aromatic amines is 1. The zero-order chi connectivity index (χ0) is 14.7. The summed E-state index contributed by atoms with van der Waals surface area (Å²) in [6.45, 7) is 3.32. The minimum Gasteiger partial charge on any atom is -0.464 e. The van der Waals surface area contributed by atoms with Crippen LogP contribution >= 0.6 is 0 Å². The summed E-state index contributed by atoms with van der Waals surface area (Å²) in [6, 6.07) is 1.48. The maximum absolute atomic E-state index is 11.5. The van der Waals surface area contributed by atoms with Gasteiger partial charge in [-0.25, -0.2) is 19.9 Å². The Bertz CT molecular complexity index is 711. The van der Waals surface area contributed by atoms with Gasteiger partial charge in [-0.05, 0) is 13.8 Å². The van der Waals surface area contributed by atoms with Gasteiger partial charge >= 0.3 is 11.5 Å². The van der Waals surface area contributed by atoms with Crippen LogP contribution in [-0.2, 0) is 4.74 Å². The van der Waals surface area contributed by atoms with Crippen LogP contribution in [0, 0.1) is 13.8 Å². The Hall–Kier alpha value is -2.77. The second-order valence-corrected chi connectivity index (χ2v) is 3.94. The predicted molar refractivity (Wildman–Crippen MR) is 67.8 cm³/mol. The number of carbonyl (C=O) groups is 1. The molecule has 0 saturated carbocycles. The fourth-order valence-electron chi connectivity index (χ4n) is 1.44. The van der Waals surface area contributed by atoms with Crippen LogP contribution < -0.4 is 10.3 Å². The second-order valence-electron chi connectivity index (χ2n) is 3.94. The molecule has 0 aliphatic carbocycles. The lowest BCUT2D eigenvalue weighted by Crippen LogP contribution is -2.13. The van der Waals surface area contributed by atoms with E-state index in [-0.39, 0.29) is 17.3 Å². The molecule has 2 rings (SSSR count). The third-order valence-electron chi connectivity index (χ3n) is 2.40. The first-order valence-corrected chi connectivity index (χ1v) is 5.67. The van der Waals surface area contributed by atoms with Gasteiger partial charge < -0.3 is 9.47 Å². The largest absolute Gasteiger partial charge is 0.464 e. The summed E-state index contributed by atoms with van der Waals surface area (Å²) in [5.41, 5.74) is 0.546. The lowest BCUT2D eigenvalue weighted by molar-refractivity contribution is 0.0593. The highest BCUT2D eigenvalue weighted by Gasteiger charge is 2.13. The molecule has 8 nitrogen and oxygen atoms in total. The highest BCUT2D eigenvalue weighted by molar-refractivity contribution is 5.86. The van der Waals surface area contributed by atoms with E-state index in [1.807, 2.05) is 0 Å². The maximum atomic E-state index is 11.5. The normalized spacial score (nSPS) is 10.2. The van der Waals surface area contributed by atoms with Crippen LogP contribution in [0.15, 0.2) is 17.1 Å². The summed E-state index contributed by atoms with van der Waals surface area (Å²) < 4.78 is 9.92. The lowest BCUT2D eigenvalue weighted by atomic mass is 10.4. The highest BCUT2D eigenvalue weighted by Crippen LogP contribution is 2.18. The van der Waals surface area contributed by atoms with E-state index in [2.05, 4.69) is 24.9 Å². The summed E-state index contributed by atoms with van der Waals surface area (Å²) in [5, 5.41) is 6.03. The number of hydrogen-bond donors (Lipinski definition) is 1. The number of methoxy groups -OCH3 is 1. The van der Waals surface area contributed by atoms with Crippen LogP contribution in [0.25, 0.3) is 0 Å². The quantitative estimate of drug-likeness (QED) is 0.824. The summed E-state index contributed by atoms with van der Waals surface area (Å²) in [6.07, 6.45) is 1.22. The molecule has 0 unspecified atom stereocenters. The fraction of sp³-hybridized carbons (Fsp3) is 0.250. The molecule has 0 aromatic carbocycles. The molecular formula is C12H12N4O4. The number of aryl methyl sites for hydroxylation is 2. The number of aromatic nitrogens is 4. The van der Waals surface area contributed by atoms with Gasteiger partial charge in [0.2, 0.25) is 5.88 Å². The molecule has 20 heavy (non-hydrogen) atoms. The second kappa shape index (κ2) is 5.47. The van der Waals surface area contributed by atoms with Gasteiger partial charge in [-0.15, -0.1) is 0 Å². The van der Waals surface area contributed by atoms with Crippen molar-refractivity contribution in [2.24, 2.45) is 0 Å². The predicted octanol–water partition coefficient (Wildman–Crippen LogP) is 0.756. The van der Waals surface area contributed by atoms with Gasteiger partial charge in [-0.2, -0.15) is 5.10 Å². The Morgan fingerprint density at radius 1 is 1.35 bits per heavy atom. The van der Waals surface area contributed by atoms with Crippen LogP contribution in [0.5, 0.6) is 11.6 Å². The number of ether oxygens (including phenoxy) is 2. The van der Waals surface area contributed by atoms with Crippen LogP contribution in [0.4, 0.5) is 0 Å². The van der Waals surface area contributed by atoms with Crippen LogP contribution in [-0.4, -0.2) is 33.2 Å². The maximum Gasteiger partial charge on any atom is 0.358 e. The van der Waals surface area contributed by atoms with Gasteiger partial charge in [0, 0.05) is 6.07 Å². The van der Waals surface area contributed by atoms with Crippen molar-refractivity contribution in [2.45, 2.75) is 13.8 Å². The van der Waals surface area contributed by atoms with Crippen molar-refractivity contribution in [3.63, 3.8) is 0 Å². The van der Waals surface area contributed by atoms with Crippen molar-refractivity contribution in [3.8, 4) is 11.6 Å². The molecular weight excluding hydrogens is 264 g/mol. The summed E-state index contributed by atoms with van der Waals surface area (Å²) in [4.78, 5) is 30.8. The zero-order valence-corrected chi connectivity index (χ0v) is 11.1. The van der Waals surface area contributed by atoms with E-state index in [1.165, 1.54) is 19.4 Å². The smallest absolute Gasteiger partial charge is 0.358 e. The van der Waals surface area contributed by atoms with E-state index in [1.54, 1.807) is 13.8 Å². The Morgan fingerprint density at radius 2 is 2.10 bits per heavy atom. The minimum atomic E-state index is -0.593. The molecule has 0 amide bonds. The average Bonchev–Trinajstić information content (AvgIpc) is 2.44. The zero-order valence-electron chi connectivity index (χ0n) is 11.1. The highest BCUT2D eigenvalue weighted by atomic mass is 16.5. The van der Waals surface area contributed by atoms with Crippen molar-refractivity contribution < 1.29 is 14.3 Å². The molecule has 0 atom stereocenters. The van der Waals surface area contributed by atoms with Gasteiger partial charge in [0.1, 0.15) is 5.69 Å². The molecule has 0 spiro atoms. The van der Waals surface area contributed by atoms with Crippen molar-refractivity contribution in [3.05, 3.63) is 39.7 Å². The van der Waals surface area contributed by atoms with Gasteiger partial charge in [0.25, 0.3) is 0 Å². The Kier molecular flexibility index (Phi) is 3.74. The number of rotatable bonds is 3. The SMILES string of the molecule is COC(=O)c1cnc(Oc2cc(C)n[nH]c2=O)c(C)n1. The molecule has 2 aromatic rings. The van der Waals surface area contributed by atoms with Crippen molar-refractivity contribution in [1.82, 2.24) is 20.2 Å². The van der Waals surface area contributed by atoms with E-state index in [4.69, 9.17) is 4.74 Å². The summed E-state index contributed by atoms with van der Waals surface area (Å²) >= 11 is 0.